The highest BCUT2D eigenvalue weighted by molar-refractivity contribution is 6.30. The molecular formula is C15H16ClFN2. The summed E-state index contributed by atoms with van der Waals surface area (Å²) < 4.78 is 13.1. The van der Waals surface area contributed by atoms with Crippen molar-refractivity contribution in [2.75, 3.05) is 17.7 Å². The van der Waals surface area contributed by atoms with E-state index in [2.05, 4.69) is 6.92 Å². The van der Waals surface area contributed by atoms with Crippen LogP contribution in [-0.4, -0.2) is 7.05 Å². The molecule has 0 amide bonds. The first-order valence-corrected chi connectivity index (χ1v) is 6.40. The highest BCUT2D eigenvalue weighted by Gasteiger charge is 2.15. The van der Waals surface area contributed by atoms with Crippen molar-refractivity contribution in [2.24, 2.45) is 0 Å². The number of nitrogens with two attached hydrogens (primary N) is 1. The van der Waals surface area contributed by atoms with Crippen molar-refractivity contribution in [3.63, 3.8) is 0 Å². The number of hydrogen-bond acceptors (Lipinski definition) is 2. The Morgan fingerprint density at radius 2 is 1.95 bits per heavy atom. The van der Waals surface area contributed by atoms with Gasteiger partial charge < -0.3 is 10.6 Å². The number of nitrogens with zero attached hydrogens (tertiary/aromatic N) is 1. The first-order valence-electron chi connectivity index (χ1n) is 6.02. The first kappa shape index (κ1) is 13.7. The zero-order valence-electron chi connectivity index (χ0n) is 10.9. The van der Waals surface area contributed by atoms with E-state index in [1.54, 1.807) is 6.07 Å². The topological polar surface area (TPSA) is 29.3 Å². The third-order valence-corrected chi connectivity index (χ3v) is 3.52. The number of halogens is 2. The summed E-state index contributed by atoms with van der Waals surface area (Å²) in [6, 6.07) is 12.2. The highest BCUT2D eigenvalue weighted by atomic mass is 35.5. The van der Waals surface area contributed by atoms with Crippen molar-refractivity contribution in [2.45, 2.75) is 13.0 Å². The summed E-state index contributed by atoms with van der Waals surface area (Å²) >= 11 is 6.00. The summed E-state index contributed by atoms with van der Waals surface area (Å²) in [5.74, 6) is -0.329. The van der Waals surface area contributed by atoms with E-state index < -0.39 is 0 Å². The van der Waals surface area contributed by atoms with Crippen LogP contribution in [0.1, 0.15) is 18.5 Å². The Morgan fingerprint density at radius 3 is 2.58 bits per heavy atom. The van der Waals surface area contributed by atoms with E-state index in [1.165, 1.54) is 12.1 Å². The molecule has 100 valence electrons. The Hall–Kier alpha value is -1.74. The van der Waals surface area contributed by atoms with Gasteiger partial charge in [0, 0.05) is 12.1 Å². The molecule has 0 aromatic heterocycles. The van der Waals surface area contributed by atoms with Crippen molar-refractivity contribution < 1.29 is 4.39 Å². The lowest BCUT2D eigenvalue weighted by Gasteiger charge is -2.28. The third-order valence-electron chi connectivity index (χ3n) is 3.28. The molecule has 4 heteroatoms. The summed E-state index contributed by atoms with van der Waals surface area (Å²) in [6.07, 6.45) is 0. The second-order valence-electron chi connectivity index (χ2n) is 4.55. The third kappa shape index (κ3) is 2.99. The van der Waals surface area contributed by atoms with Crippen LogP contribution in [0, 0.1) is 5.82 Å². The summed E-state index contributed by atoms with van der Waals surface area (Å²) in [5.41, 5.74) is 8.17. The Kier molecular flexibility index (Phi) is 3.96. The molecule has 2 aromatic rings. The van der Waals surface area contributed by atoms with E-state index in [0.29, 0.717) is 10.7 Å². The monoisotopic (exact) mass is 278 g/mol. The average molecular weight is 279 g/mol. The lowest BCUT2D eigenvalue weighted by molar-refractivity contribution is 0.627. The molecule has 0 heterocycles. The van der Waals surface area contributed by atoms with Gasteiger partial charge in [0.25, 0.3) is 0 Å². The van der Waals surface area contributed by atoms with Gasteiger partial charge >= 0.3 is 0 Å². The number of anilines is 2. The summed E-state index contributed by atoms with van der Waals surface area (Å²) in [6.45, 7) is 2.05. The molecule has 0 saturated carbocycles. The lowest BCUT2D eigenvalue weighted by atomic mass is 10.1. The van der Waals surface area contributed by atoms with Gasteiger partial charge in [-0.3, -0.25) is 0 Å². The zero-order valence-corrected chi connectivity index (χ0v) is 11.7. The maximum Gasteiger partial charge on any atom is 0.125 e. The van der Waals surface area contributed by atoms with E-state index in [1.807, 2.05) is 36.2 Å². The van der Waals surface area contributed by atoms with Gasteiger partial charge in [0.15, 0.2) is 0 Å². The first-order chi connectivity index (χ1) is 8.99. The Bertz CT molecular complexity index is 586. The Morgan fingerprint density at radius 1 is 1.21 bits per heavy atom. The fourth-order valence-corrected chi connectivity index (χ4v) is 2.24. The van der Waals surface area contributed by atoms with E-state index in [9.17, 15) is 4.39 Å². The summed E-state index contributed by atoms with van der Waals surface area (Å²) in [5, 5.41) is 0.699. The van der Waals surface area contributed by atoms with Crippen LogP contribution in [0.25, 0.3) is 0 Å². The fourth-order valence-electron chi connectivity index (χ4n) is 2.05. The van der Waals surface area contributed by atoms with Crippen molar-refractivity contribution in [3.05, 3.63) is 58.9 Å². The average Bonchev–Trinajstić information content (AvgIpc) is 2.37. The van der Waals surface area contributed by atoms with Crippen LogP contribution in [0.2, 0.25) is 5.02 Å². The number of hydrogen-bond donors (Lipinski definition) is 1. The minimum absolute atomic E-state index is 0.0893. The highest BCUT2D eigenvalue weighted by Crippen LogP contribution is 2.30. The van der Waals surface area contributed by atoms with Crippen LogP contribution < -0.4 is 10.6 Å². The predicted molar refractivity (Wildman–Crippen MR) is 79.1 cm³/mol. The Labute approximate surface area is 117 Å². The maximum atomic E-state index is 13.1. The maximum absolute atomic E-state index is 13.1. The molecule has 2 N–H and O–H groups in total. The molecule has 1 atom stereocenters. The van der Waals surface area contributed by atoms with Gasteiger partial charge in [-0.15, -0.1) is 0 Å². The minimum atomic E-state index is -0.329. The SMILES string of the molecule is CC(c1cccc(Cl)c1)N(C)c1ccc(F)cc1N. The molecule has 19 heavy (non-hydrogen) atoms. The van der Waals surface area contributed by atoms with Crippen molar-refractivity contribution in [1.82, 2.24) is 0 Å². The van der Waals surface area contributed by atoms with Crippen LogP contribution in [0.15, 0.2) is 42.5 Å². The summed E-state index contributed by atoms with van der Waals surface area (Å²) in [4.78, 5) is 2.00. The van der Waals surface area contributed by atoms with Gasteiger partial charge in [0.2, 0.25) is 0 Å². The molecule has 0 fully saturated rings. The van der Waals surface area contributed by atoms with Gasteiger partial charge in [-0.2, -0.15) is 0 Å². The van der Waals surface area contributed by atoms with Crippen molar-refractivity contribution >= 4 is 23.0 Å². The van der Waals surface area contributed by atoms with Crippen LogP contribution in [0.3, 0.4) is 0 Å². The van der Waals surface area contributed by atoms with Crippen LogP contribution >= 0.6 is 11.6 Å². The van der Waals surface area contributed by atoms with Crippen LogP contribution in [0.4, 0.5) is 15.8 Å². The number of nitrogen functional groups attached to an aromatic ring is 1. The van der Waals surface area contributed by atoms with Gasteiger partial charge in [0.05, 0.1) is 17.4 Å². The molecule has 0 radical (unpaired) electrons. The lowest BCUT2D eigenvalue weighted by Crippen LogP contribution is -2.22. The van der Waals surface area contributed by atoms with Crippen molar-refractivity contribution in [3.8, 4) is 0 Å². The smallest absolute Gasteiger partial charge is 0.125 e. The van der Waals surface area contributed by atoms with Gasteiger partial charge in [-0.05, 0) is 42.8 Å². The van der Waals surface area contributed by atoms with E-state index >= 15 is 0 Å². The van der Waals surface area contributed by atoms with Gasteiger partial charge in [-0.25, -0.2) is 4.39 Å². The quantitative estimate of drug-likeness (QED) is 0.850. The molecule has 0 aliphatic carbocycles. The minimum Gasteiger partial charge on any atom is -0.397 e. The molecule has 2 aromatic carbocycles. The largest absolute Gasteiger partial charge is 0.397 e. The number of rotatable bonds is 3. The summed E-state index contributed by atoms with van der Waals surface area (Å²) in [7, 11) is 1.93. The normalized spacial score (nSPS) is 12.2. The van der Waals surface area contributed by atoms with Gasteiger partial charge in [0.1, 0.15) is 5.82 Å². The van der Waals surface area contributed by atoms with Crippen LogP contribution in [0.5, 0.6) is 0 Å². The fraction of sp³-hybridized carbons (Fsp3) is 0.200. The van der Waals surface area contributed by atoms with Gasteiger partial charge in [-0.1, -0.05) is 23.7 Å². The van der Waals surface area contributed by atoms with E-state index in [4.69, 9.17) is 17.3 Å². The second-order valence-corrected chi connectivity index (χ2v) is 4.98. The molecule has 1 unspecified atom stereocenters. The standard InChI is InChI=1S/C15H16ClFN2/c1-10(11-4-3-5-12(16)8-11)19(2)15-7-6-13(17)9-14(15)18/h3-10H,18H2,1-2H3. The molecule has 0 saturated heterocycles. The number of benzene rings is 2. The van der Waals surface area contributed by atoms with Crippen LogP contribution in [-0.2, 0) is 0 Å². The van der Waals surface area contributed by atoms with E-state index in [-0.39, 0.29) is 11.9 Å². The molecule has 0 aliphatic heterocycles. The molecule has 2 rings (SSSR count). The second kappa shape index (κ2) is 5.49. The zero-order chi connectivity index (χ0) is 14.0. The molecule has 0 spiro atoms. The van der Waals surface area contributed by atoms with E-state index in [0.717, 1.165) is 11.3 Å². The molecule has 0 bridgehead atoms. The predicted octanol–water partition coefficient (Wildman–Crippen LogP) is 4.26. The van der Waals surface area contributed by atoms with Crippen molar-refractivity contribution in [1.29, 1.82) is 0 Å². The molecule has 2 nitrogen and oxygen atoms in total. The molecular weight excluding hydrogens is 263 g/mol. The Balaban J connectivity index is 2.30. The molecule has 0 aliphatic rings.